The Labute approximate surface area is 106 Å². The minimum absolute atomic E-state index is 0.337. The van der Waals surface area contributed by atoms with Crippen LogP contribution in [0.15, 0.2) is 18.2 Å². The molecule has 1 heterocycles. The quantitative estimate of drug-likeness (QED) is 0.774. The van der Waals surface area contributed by atoms with Gasteiger partial charge < -0.3 is 9.64 Å². The summed E-state index contributed by atoms with van der Waals surface area (Å²) >= 11 is 3.49. The maximum Gasteiger partial charge on any atom is 0.0722 e. The second kappa shape index (κ2) is 5.19. The van der Waals surface area contributed by atoms with Gasteiger partial charge in [0, 0.05) is 24.1 Å². The van der Waals surface area contributed by atoms with Crippen molar-refractivity contribution in [3.63, 3.8) is 0 Å². The predicted molar refractivity (Wildman–Crippen MR) is 71.4 cm³/mol. The van der Waals surface area contributed by atoms with Crippen LogP contribution < -0.4 is 4.90 Å². The summed E-state index contributed by atoms with van der Waals surface area (Å²) in [5, 5.41) is 0.924. The molecule has 1 fully saturated rings. The van der Waals surface area contributed by atoms with E-state index >= 15 is 0 Å². The summed E-state index contributed by atoms with van der Waals surface area (Å²) in [4.78, 5) is 2.42. The monoisotopic (exact) mass is 283 g/mol. The molecule has 0 aromatic heterocycles. The maximum absolute atomic E-state index is 5.57. The van der Waals surface area contributed by atoms with E-state index in [0.29, 0.717) is 6.10 Å². The molecule has 0 N–H and O–H groups in total. The van der Waals surface area contributed by atoms with Crippen molar-refractivity contribution < 1.29 is 4.74 Å². The van der Waals surface area contributed by atoms with Gasteiger partial charge in [-0.1, -0.05) is 28.1 Å². The van der Waals surface area contributed by atoms with Gasteiger partial charge in [0.15, 0.2) is 0 Å². The Hall–Kier alpha value is -0.540. The molecular weight excluding hydrogens is 266 g/mol. The number of alkyl halides is 1. The third-order valence-electron chi connectivity index (χ3n) is 3.00. The van der Waals surface area contributed by atoms with Crippen LogP contribution in [-0.4, -0.2) is 25.8 Å². The summed E-state index contributed by atoms with van der Waals surface area (Å²) in [6.07, 6.45) is 0.337. The van der Waals surface area contributed by atoms with Crippen LogP contribution >= 0.6 is 15.9 Å². The normalized spacial score (nSPS) is 21.2. The van der Waals surface area contributed by atoms with Crippen molar-refractivity contribution in [2.75, 3.05) is 24.6 Å². The van der Waals surface area contributed by atoms with Gasteiger partial charge in [0.25, 0.3) is 0 Å². The molecule has 0 spiro atoms. The van der Waals surface area contributed by atoms with E-state index in [4.69, 9.17) is 4.74 Å². The number of hydrogen-bond acceptors (Lipinski definition) is 2. The number of anilines is 1. The van der Waals surface area contributed by atoms with Crippen molar-refractivity contribution in [1.82, 2.24) is 0 Å². The lowest BCUT2D eigenvalue weighted by atomic mass is 10.1. The SMILES string of the molecule is Cc1cc(CBr)ccc1N1CCOC(C)C1. The highest BCUT2D eigenvalue weighted by molar-refractivity contribution is 9.08. The summed E-state index contributed by atoms with van der Waals surface area (Å²) in [5.41, 5.74) is 4.04. The molecule has 1 atom stereocenters. The van der Waals surface area contributed by atoms with Crippen molar-refractivity contribution in [3.05, 3.63) is 29.3 Å². The number of rotatable bonds is 2. The number of morpholine rings is 1. The van der Waals surface area contributed by atoms with Crippen LogP contribution in [0.1, 0.15) is 18.1 Å². The van der Waals surface area contributed by atoms with Crippen molar-refractivity contribution in [2.45, 2.75) is 25.3 Å². The first-order valence-corrected chi connectivity index (χ1v) is 6.85. The fourth-order valence-electron chi connectivity index (χ4n) is 2.19. The van der Waals surface area contributed by atoms with Gasteiger partial charge in [0.05, 0.1) is 12.7 Å². The number of aryl methyl sites for hydroxylation is 1. The van der Waals surface area contributed by atoms with Crippen LogP contribution in [0.5, 0.6) is 0 Å². The van der Waals surface area contributed by atoms with Gasteiger partial charge in [-0.25, -0.2) is 0 Å². The Morgan fingerprint density at radius 1 is 1.50 bits per heavy atom. The molecule has 2 nitrogen and oxygen atoms in total. The van der Waals surface area contributed by atoms with Crippen LogP contribution in [0.3, 0.4) is 0 Å². The molecule has 0 bridgehead atoms. The molecule has 1 saturated heterocycles. The summed E-state index contributed by atoms with van der Waals surface area (Å²) in [5.74, 6) is 0. The molecule has 1 unspecified atom stereocenters. The van der Waals surface area contributed by atoms with Crippen molar-refractivity contribution >= 4 is 21.6 Å². The molecule has 0 amide bonds. The Kier molecular flexibility index (Phi) is 3.87. The maximum atomic E-state index is 5.57. The number of benzene rings is 1. The molecule has 1 aliphatic rings. The predicted octanol–water partition coefficient (Wildman–Crippen LogP) is 3.12. The van der Waals surface area contributed by atoms with E-state index in [9.17, 15) is 0 Å². The number of ether oxygens (including phenoxy) is 1. The fraction of sp³-hybridized carbons (Fsp3) is 0.538. The zero-order valence-electron chi connectivity index (χ0n) is 9.87. The van der Waals surface area contributed by atoms with Crippen molar-refractivity contribution in [2.24, 2.45) is 0 Å². The highest BCUT2D eigenvalue weighted by atomic mass is 79.9. The Morgan fingerprint density at radius 2 is 2.31 bits per heavy atom. The first kappa shape index (κ1) is 11.9. The molecule has 2 rings (SSSR count). The zero-order valence-corrected chi connectivity index (χ0v) is 11.5. The first-order chi connectivity index (χ1) is 7.70. The van der Waals surface area contributed by atoms with Crippen LogP contribution in [0.25, 0.3) is 0 Å². The number of hydrogen-bond donors (Lipinski definition) is 0. The molecule has 0 aliphatic carbocycles. The molecule has 1 aromatic rings. The van der Waals surface area contributed by atoms with Crippen LogP contribution in [0.4, 0.5) is 5.69 Å². The third-order valence-corrected chi connectivity index (χ3v) is 3.64. The van der Waals surface area contributed by atoms with Crippen LogP contribution in [-0.2, 0) is 10.1 Å². The molecule has 16 heavy (non-hydrogen) atoms. The largest absolute Gasteiger partial charge is 0.375 e. The second-order valence-corrected chi connectivity index (χ2v) is 4.94. The lowest BCUT2D eigenvalue weighted by Gasteiger charge is -2.34. The van der Waals surface area contributed by atoms with Gasteiger partial charge >= 0.3 is 0 Å². The van der Waals surface area contributed by atoms with E-state index < -0.39 is 0 Å². The average Bonchev–Trinajstić information content (AvgIpc) is 2.28. The van der Waals surface area contributed by atoms with E-state index in [2.05, 4.69) is 52.9 Å². The molecular formula is C13H18BrNO. The van der Waals surface area contributed by atoms with Crippen molar-refractivity contribution in [1.29, 1.82) is 0 Å². The summed E-state index contributed by atoms with van der Waals surface area (Å²) in [6.45, 7) is 7.14. The summed E-state index contributed by atoms with van der Waals surface area (Å²) in [6, 6.07) is 6.67. The van der Waals surface area contributed by atoms with E-state index in [0.717, 1.165) is 25.0 Å². The number of halogens is 1. The fourth-order valence-corrected chi connectivity index (χ4v) is 2.54. The topological polar surface area (TPSA) is 12.5 Å². The smallest absolute Gasteiger partial charge is 0.0722 e. The summed E-state index contributed by atoms with van der Waals surface area (Å²) in [7, 11) is 0. The van der Waals surface area contributed by atoms with E-state index in [1.54, 1.807) is 0 Å². The average molecular weight is 284 g/mol. The van der Waals surface area contributed by atoms with Gasteiger partial charge in [-0.3, -0.25) is 0 Å². The molecule has 0 saturated carbocycles. The van der Waals surface area contributed by atoms with E-state index in [-0.39, 0.29) is 0 Å². The Bertz CT molecular complexity index is 367. The molecule has 0 radical (unpaired) electrons. The first-order valence-electron chi connectivity index (χ1n) is 5.72. The second-order valence-electron chi connectivity index (χ2n) is 4.38. The molecule has 3 heteroatoms. The third kappa shape index (κ3) is 2.58. The van der Waals surface area contributed by atoms with Gasteiger partial charge in [0.2, 0.25) is 0 Å². The standard InChI is InChI=1S/C13H18BrNO/c1-10-7-12(8-14)3-4-13(10)15-5-6-16-11(2)9-15/h3-4,7,11H,5-6,8-9H2,1-2H3. The Morgan fingerprint density at radius 3 is 2.94 bits per heavy atom. The van der Waals surface area contributed by atoms with E-state index in [1.165, 1.54) is 16.8 Å². The van der Waals surface area contributed by atoms with Crippen LogP contribution in [0, 0.1) is 6.92 Å². The lowest BCUT2D eigenvalue weighted by Crippen LogP contribution is -2.41. The van der Waals surface area contributed by atoms with Gasteiger partial charge in [-0.2, -0.15) is 0 Å². The summed E-state index contributed by atoms with van der Waals surface area (Å²) < 4.78 is 5.57. The van der Waals surface area contributed by atoms with Gasteiger partial charge in [-0.15, -0.1) is 0 Å². The molecule has 1 aliphatic heterocycles. The highest BCUT2D eigenvalue weighted by Gasteiger charge is 2.18. The van der Waals surface area contributed by atoms with E-state index in [1.807, 2.05) is 0 Å². The zero-order chi connectivity index (χ0) is 11.5. The number of nitrogens with zero attached hydrogens (tertiary/aromatic N) is 1. The van der Waals surface area contributed by atoms with Crippen molar-refractivity contribution in [3.8, 4) is 0 Å². The minimum atomic E-state index is 0.337. The molecule has 1 aromatic carbocycles. The van der Waals surface area contributed by atoms with Crippen LogP contribution in [0.2, 0.25) is 0 Å². The highest BCUT2D eigenvalue weighted by Crippen LogP contribution is 2.24. The Balaban J connectivity index is 2.19. The minimum Gasteiger partial charge on any atom is -0.375 e. The lowest BCUT2D eigenvalue weighted by molar-refractivity contribution is 0.0532. The van der Waals surface area contributed by atoms with Gasteiger partial charge in [0.1, 0.15) is 0 Å². The van der Waals surface area contributed by atoms with Gasteiger partial charge in [-0.05, 0) is 31.0 Å². The molecule has 88 valence electrons.